The molecule has 20 heavy (non-hydrogen) atoms. The molecule has 3 rings (SSSR count). The van der Waals surface area contributed by atoms with Crippen LogP contribution < -0.4 is 11.1 Å². The molecule has 0 saturated carbocycles. The Labute approximate surface area is 114 Å². The second kappa shape index (κ2) is 4.58. The average molecular weight is 268 g/mol. The van der Waals surface area contributed by atoms with Crippen LogP contribution in [0.25, 0.3) is 22.4 Å². The van der Waals surface area contributed by atoms with Crippen LogP contribution in [0.2, 0.25) is 0 Å². The number of nitrogens with one attached hydrogen (secondary N) is 2. The van der Waals surface area contributed by atoms with Crippen LogP contribution in [0.3, 0.4) is 0 Å². The number of nitrogens with zero attached hydrogens (tertiary/aromatic N) is 1. The summed E-state index contributed by atoms with van der Waals surface area (Å²) in [4.78, 5) is 18.2. The summed E-state index contributed by atoms with van der Waals surface area (Å²) >= 11 is 0. The lowest BCUT2D eigenvalue weighted by molar-refractivity contribution is 0.210. The molecule has 5 N–H and O–H groups in total. The van der Waals surface area contributed by atoms with Gasteiger partial charge in [0.05, 0.1) is 11.0 Å². The smallest absolute Gasteiger partial charge is 0.409 e. The van der Waals surface area contributed by atoms with Crippen molar-refractivity contribution >= 4 is 28.5 Å². The number of rotatable bonds is 2. The first-order chi connectivity index (χ1) is 9.61. The van der Waals surface area contributed by atoms with E-state index in [1.54, 1.807) is 30.3 Å². The number of aromatic nitrogens is 2. The zero-order valence-corrected chi connectivity index (χ0v) is 10.4. The highest BCUT2D eigenvalue weighted by Crippen LogP contribution is 2.23. The maximum absolute atomic E-state index is 10.5. The Morgan fingerprint density at radius 2 is 1.95 bits per heavy atom. The number of benzene rings is 2. The first-order valence-corrected chi connectivity index (χ1v) is 5.97. The fraction of sp³-hybridized carbons (Fsp3) is 0. The molecule has 0 aliphatic carbocycles. The number of hydrogen-bond donors (Lipinski definition) is 4. The molecule has 1 heterocycles. The Morgan fingerprint density at radius 3 is 2.65 bits per heavy atom. The molecule has 0 saturated heterocycles. The molecule has 0 fully saturated rings. The van der Waals surface area contributed by atoms with Crippen molar-refractivity contribution in [2.24, 2.45) is 0 Å². The molecule has 1 aromatic heterocycles. The molecule has 0 spiro atoms. The van der Waals surface area contributed by atoms with Gasteiger partial charge >= 0.3 is 6.09 Å². The Hall–Kier alpha value is -3.02. The Kier molecular flexibility index (Phi) is 2.76. The monoisotopic (exact) mass is 268 g/mol. The molecule has 6 nitrogen and oxygen atoms in total. The number of nitrogens with two attached hydrogens (primary N) is 1. The van der Waals surface area contributed by atoms with E-state index in [-0.39, 0.29) is 0 Å². The predicted molar refractivity (Wildman–Crippen MR) is 77.6 cm³/mol. The van der Waals surface area contributed by atoms with Crippen LogP contribution in [-0.4, -0.2) is 21.2 Å². The number of carbonyl (C=O) groups is 1. The summed E-state index contributed by atoms with van der Waals surface area (Å²) in [5, 5.41) is 10.9. The van der Waals surface area contributed by atoms with Gasteiger partial charge in [0.15, 0.2) is 0 Å². The third kappa shape index (κ3) is 2.26. The van der Waals surface area contributed by atoms with Gasteiger partial charge in [0.1, 0.15) is 5.82 Å². The quantitative estimate of drug-likeness (QED) is 0.536. The SMILES string of the molecule is Nc1ccc2nc(-c3ccc(NC(=O)O)cc3)[nH]c2c1. The first kappa shape index (κ1) is 12.0. The van der Waals surface area contributed by atoms with E-state index in [9.17, 15) is 4.79 Å². The Morgan fingerprint density at radius 1 is 1.20 bits per heavy atom. The average Bonchev–Trinajstić information content (AvgIpc) is 2.81. The normalized spacial score (nSPS) is 10.6. The molecule has 0 unspecified atom stereocenters. The van der Waals surface area contributed by atoms with Crippen molar-refractivity contribution in [1.29, 1.82) is 0 Å². The van der Waals surface area contributed by atoms with E-state index in [4.69, 9.17) is 10.8 Å². The molecule has 6 heteroatoms. The van der Waals surface area contributed by atoms with Gasteiger partial charge in [0.2, 0.25) is 0 Å². The molecular formula is C14H12N4O2. The highest BCUT2D eigenvalue weighted by molar-refractivity contribution is 5.84. The van der Waals surface area contributed by atoms with Crippen molar-refractivity contribution < 1.29 is 9.90 Å². The van der Waals surface area contributed by atoms with E-state index < -0.39 is 6.09 Å². The Balaban J connectivity index is 1.96. The predicted octanol–water partition coefficient (Wildman–Crippen LogP) is 2.90. The summed E-state index contributed by atoms with van der Waals surface area (Å²) < 4.78 is 0. The zero-order chi connectivity index (χ0) is 14.1. The van der Waals surface area contributed by atoms with Gasteiger partial charge in [-0.1, -0.05) is 0 Å². The van der Waals surface area contributed by atoms with Crippen LogP contribution in [0.1, 0.15) is 0 Å². The largest absolute Gasteiger partial charge is 0.465 e. The summed E-state index contributed by atoms with van der Waals surface area (Å²) in [5.41, 5.74) is 9.49. The molecule has 0 radical (unpaired) electrons. The minimum Gasteiger partial charge on any atom is -0.465 e. The zero-order valence-electron chi connectivity index (χ0n) is 10.4. The molecule has 100 valence electrons. The Bertz CT molecular complexity index is 777. The lowest BCUT2D eigenvalue weighted by Crippen LogP contribution is -2.06. The maximum Gasteiger partial charge on any atom is 0.409 e. The molecule has 2 aromatic carbocycles. The number of amides is 1. The second-order valence-corrected chi connectivity index (χ2v) is 4.37. The fourth-order valence-electron chi connectivity index (χ4n) is 2.00. The molecule has 0 bridgehead atoms. The van der Waals surface area contributed by atoms with Crippen molar-refractivity contribution in [3.63, 3.8) is 0 Å². The van der Waals surface area contributed by atoms with E-state index in [0.29, 0.717) is 17.2 Å². The van der Waals surface area contributed by atoms with Crippen LogP contribution in [0.15, 0.2) is 42.5 Å². The molecule has 3 aromatic rings. The standard InChI is InChI=1S/C14H12N4O2/c15-9-3-6-11-12(7-9)18-13(17-11)8-1-4-10(5-2-8)16-14(19)20/h1-7,16H,15H2,(H,17,18)(H,19,20). The van der Waals surface area contributed by atoms with E-state index in [0.717, 1.165) is 16.6 Å². The van der Waals surface area contributed by atoms with Crippen LogP contribution in [0, 0.1) is 0 Å². The molecule has 0 aliphatic rings. The van der Waals surface area contributed by atoms with Crippen molar-refractivity contribution in [1.82, 2.24) is 9.97 Å². The lowest BCUT2D eigenvalue weighted by atomic mass is 10.2. The van der Waals surface area contributed by atoms with Gasteiger partial charge in [0, 0.05) is 16.9 Å². The topological polar surface area (TPSA) is 104 Å². The molecular weight excluding hydrogens is 256 g/mol. The van der Waals surface area contributed by atoms with Crippen molar-refractivity contribution in [2.75, 3.05) is 11.1 Å². The third-order valence-corrected chi connectivity index (χ3v) is 2.92. The van der Waals surface area contributed by atoms with Crippen LogP contribution in [0.4, 0.5) is 16.2 Å². The van der Waals surface area contributed by atoms with E-state index >= 15 is 0 Å². The van der Waals surface area contributed by atoms with Gasteiger partial charge in [-0.25, -0.2) is 9.78 Å². The summed E-state index contributed by atoms with van der Waals surface area (Å²) in [5.74, 6) is 0.715. The number of nitrogen functional groups attached to an aromatic ring is 1. The lowest BCUT2D eigenvalue weighted by Gasteiger charge is -2.01. The van der Waals surface area contributed by atoms with Crippen LogP contribution in [0.5, 0.6) is 0 Å². The summed E-state index contributed by atoms with van der Waals surface area (Å²) in [6.07, 6.45) is -1.09. The van der Waals surface area contributed by atoms with E-state index in [1.807, 2.05) is 12.1 Å². The van der Waals surface area contributed by atoms with Crippen LogP contribution >= 0.6 is 0 Å². The first-order valence-electron chi connectivity index (χ1n) is 5.97. The maximum atomic E-state index is 10.5. The number of fused-ring (bicyclic) bond motifs is 1. The van der Waals surface area contributed by atoms with Gasteiger partial charge in [-0.15, -0.1) is 0 Å². The van der Waals surface area contributed by atoms with Crippen molar-refractivity contribution in [3.05, 3.63) is 42.5 Å². The van der Waals surface area contributed by atoms with Crippen LogP contribution in [-0.2, 0) is 0 Å². The number of carboxylic acid groups (broad SMARTS) is 1. The van der Waals surface area contributed by atoms with Gasteiger partial charge < -0.3 is 15.8 Å². The van der Waals surface area contributed by atoms with E-state index in [2.05, 4.69) is 15.3 Å². The highest BCUT2D eigenvalue weighted by Gasteiger charge is 2.06. The minimum absolute atomic E-state index is 0.515. The van der Waals surface area contributed by atoms with Crippen molar-refractivity contribution in [2.45, 2.75) is 0 Å². The highest BCUT2D eigenvalue weighted by atomic mass is 16.4. The minimum atomic E-state index is -1.09. The summed E-state index contributed by atoms with van der Waals surface area (Å²) in [7, 11) is 0. The number of anilines is 2. The molecule has 0 atom stereocenters. The number of hydrogen-bond acceptors (Lipinski definition) is 3. The molecule has 1 amide bonds. The second-order valence-electron chi connectivity index (χ2n) is 4.37. The van der Waals surface area contributed by atoms with E-state index in [1.165, 1.54) is 0 Å². The van der Waals surface area contributed by atoms with Gasteiger partial charge in [0.25, 0.3) is 0 Å². The summed E-state index contributed by atoms with van der Waals surface area (Å²) in [6.45, 7) is 0. The third-order valence-electron chi connectivity index (χ3n) is 2.92. The molecule has 0 aliphatic heterocycles. The number of aromatic amines is 1. The number of H-pyrrole nitrogens is 1. The van der Waals surface area contributed by atoms with Gasteiger partial charge in [-0.3, -0.25) is 5.32 Å². The number of imidazole rings is 1. The fourth-order valence-corrected chi connectivity index (χ4v) is 2.00. The van der Waals surface area contributed by atoms with Crippen molar-refractivity contribution in [3.8, 4) is 11.4 Å². The summed E-state index contributed by atoms with van der Waals surface area (Å²) in [6, 6.07) is 12.4. The van der Waals surface area contributed by atoms with Gasteiger partial charge in [-0.05, 0) is 42.5 Å². The van der Waals surface area contributed by atoms with Gasteiger partial charge in [-0.2, -0.15) is 0 Å².